The van der Waals surface area contributed by atoms with Crippen LogP contribution in [0.25, 0.3) is 0 Å². The molecule has 2 heterocycles. The standard InChI is InChI=1S/C15H15N3O4/c1-3-18-10-6-4-5-7-11(10)22-15(2,14(18)20)13(19)16-12-8-9-21-17-12/h4-9H,3H2,1-2H3,(H,16,17,19). The third kappa shape index (κ3) is 2.11. The van der Waals surface area contributed by atoms with Gasteiger partial charge in [-0.15, -0.1) is 0 Å². The van der Waals surface area contributed by atoms with E-state index < -0.39 is 17.4 Å². The number of para-hydroxylation sites is 2. The van der Waals surface area contributed by atoms with Crippen molar-refractivity contribution in [2.45, 2.75) is 19.4 Å². The molecule has 22 heavy (non-hydrogen) atoms. The van der Waals surface area contributed by atoms with Gasteiger partial charge in [0.2, 0.25) is 0 Å². The Morgan fingerprint density at radius 1 is 1.36 bits per heavy atom. The van der Waals surface area contributed by atoms with Crippen LogP contribution in [0, 0.1) is 0 Å². The number of carbonyl (C=O) groups is 2. The zero-order valence-electron chi connectivity index (χ0n) is 12.2. The van der Waals surface area contributed by atoms with E-state index in [1.807, 2.05) is 13.0 Å². The number of likely N-dealkylation sites (N-methyl/N-ethyl adjacent to an activating group) is 1. The van der Waals surface area contributed by atoms with Gasteiger partial charge in [0.05, 0.1) is 5.69 Å². The van der Waals surface area contributed by atoms with Crippen molar-refractivity contribution < 1.29 is 18.8 Å². The van der Waals surface area contributed by atoms with Gasteiger partial charge in [-0.05, 0) is 26.0 Å². The normalized spacial score (nSPS) is 20.3. The molecule has 1 aliphatic rings. The van der Waals surface area contributed by atoms with E-state index in [1.165, 1.54) is 24.2 Å². The average molecular weight is 301 g/mol. The van der Waals surface area contributed by atoms with E-state index in [1.54, 1.807) is 18.2 Å². The van der Waals surface area contributed by atoms with Crippen molar-refractivity contribution in [1.29, 1.82) is 0 Å². The highest BCUT2D eigenvalue weighted by atomic mass is 16.5. The highest BCUT2D eigenvalue weighted by Gasteiger charge is 2.50. The number of fused-ring (bicyclic) bond motifs is 1. The summed E-state index contributed by atoms with van der Waals surface area (Å²) in [6.07, 6.45) is 1.33. The van der Waals surface area contributed by atoms with Crippen molar-refractivity contribution in [2.24, 2.45) is 0 Å². The maximum atomic E-state index is 12.7. The predicted octanol–water partition coefficient (Wildman–Crippen LogP) is 1.82. The lowest BCUT2D eigenvalue weighted by molar-refractivity contribution is -0.145. The maximum absolute atomic E-state index is 12.7. The molecule has 1 N–H and O–H groups in total. The summed E-state index contributed by atoms with van der Waals surface area (Å²) in [4.78, 5) is 26.7. The molecule has 0 fully saturated rings. The Kier molecular flexibility index (Phi) is 3.32. The molecule has 7 heteroatoms. The summed E-state index contributed by atoms with van der Waals surface area (Å²) in [5.74, 6) is -0.305. The van der Waals surface area contributed by atoms with E-state index in [0.717, 1.165) is 0 Å². The summed E-state index contributed by atoms with van der Waals surface area (Å²) >= 11 is 0. The number of carbonyl (C=O) groups excluding carboxylic acids is 2. The molecule has 0 aliphatic carbocycles. The van der Waals surface area contributed by atoms with Crippen LogP contribution in [0.5, 0.6) is 5.75 Å². The molecule has 0 saturated carbocycles. The Labute approximate surface area is 126 Å². The van der Waals surface area contributed by atoms with Gasteiger partial charge in [-0.3, -0.25) is 9.59 Å². The number of nitrogens with zero attached hydrogens (tertiary/aromatic N) is 2. The molecule has 0 spiro atoms. The molecule has 1 aromatic carbocycles. The summed E-state index contributed by atoms with van der Waals surface area (Å²) in [7, 11) is 0. The molecule has 114 valence electrons. The van der Waals surface area contributed by atoms with Crippen LogP contribution in [0.3, 0.4) is 0 Å². The Morgan fingerprint density at radius 3 is 2.82 bits per heavy atom. The first-order valence-electron chi connectivity index (χ1n) is 6.88. The van der Waals surface area contributed by atoms with Crippen LogP contribution in [0.1, 0.15) is 13.8 Å². The van der Waals surface area contributed by atoms with Crippen molar-refractivity contribution in [1.82, 2.24) is 5.16 Å². The minimum absolute atomic E-state index is 0.226. The number of nitrogens with one attached hydrogen (secondary N) is 1. The van der Waals surface area contributed by atoms with Crippen LogP contribution in [-0.4, -0.2) is 29.1 Å². The van der Waals surface area contributed by atoms with Gasteiger partial charge in [0.1, 0.15) is 12.0 Å². The third-order valence-corrected chi connectivity index (χ3v) is 3.55. The lowest BCUT2D eigenvalue weighted by Crippen LogP contribution is -2.60. The number of rotatable bonds is 3. The van der Waals surface area contributed by atoms with Crippen LogP contribution in [0.4, 0.5) is 11.5 Å². The molecular weight excluding hydrogens is 286 g/mol. The van der Waals surface area contributed by atoms with Crippen molar-refractivity contribution >= 4 is 23.3 Å². The first kappa shape index (κ1) is 14.1. The molecule has 2 aromatic rings. The van der Waals surface area contributed by atoms with Crippen molar-refractivity contribution in [2.75, 3.05) is 16.8 Å². The fourth-order valence-corrected chi connectivity index (χ4v) is 2.37. The Bertz CT molecular complexity index is 713. The van der Waals surface area contributed by atoms with Gasteiger partial charge in [0, 0.05) is 12.6 Å². The van der Waals surface area contributed by atoms with Gasteiger partial charge >= 0.3 is 0 Å². The van der Waals surface area contributed by atoms with Crippen molar-refractivity contribution in [3.63, 3.8) is 0 Å². The molecule has 0 radical (unpaired) electrons. The lowest BCUT2D eigenvalue weighted by Gasteiger charge is -2.38. The number of hydrogen-bond acceptors (Lipinski definition) is 5. The minimum Gasteiger partial charge on any atom is -0.465 e. The second kappa shape index (κ2) is 5.18. The summed E-state index contributed by atoms with van der Waals surface area (Å²) in [5.41, 5.74) is -1.01. The average Bonchev–Trinajstić information content (AvgIpc) is 3.01. The van der Waals surface area contributed by atoms with Crippen LogP contribution in [0.15, 0.2) is 41.1 Å². The summed E-state index contributed by atoms with van der Waals surface area (Å²) in [5, 5.41) is 6.13. The largest absolute Gasteiger partial charge is 0.465 e. The molecule has 1 aliphatic heterocycles. The fraction of sp³-hybridized carbons (Fsp3) is 0.267. The topological polar surface area (TPSA) is 84.7 Å². The minimum atomic E-state index is -1.66. The fourth-order valence-electron chi connectivity index (χ4n) is 2.37. The molecule has 7 nitrogen and oxygen atoms in total. The number of hydrogen-bond donors (Lipinski definition) is 1. The van der Waals surface area contributed by atoms with Gasteiger partial charge in [-0.25, -0.2) is 0 Å². The molecule has 2 amide bonds. The number of anilines is 2. The molecular formula is C15H15N3O4. The summed E-state index contributed by atoms with van der Waals surface area (Å²) in [6.45, 7) is 3.73. The van der Waals surface area contributed by atoms with E-state index >= 15 is 0 Å². The van der Waals surface area contributed by atoms with Crippen molar-refractivity contribution in [3.05, 3.63) is 36.6 Å². The predicted molar refractivity (Wildman–Crippen MR) is 78.6 cm³/mol. The van der Waals surface area contributed by atoms with Gasteiger partial charge in [-0.2, -0.15) is 0 Å². The number of aromatic nitrogens is 1. The molecule has 3 rings (SSSR count). The van der Waals surface area contributed by atoms with Crippen LogP contribution >= 0.6 is 0 Å². The third-order valence-electron chi connectivity index (χ3n) is 3.55. The second-order valence-electron chi connectivity index (χ2n) is 4.99. The lowest BCUT2D eigenvalue weighted by atomic mass is 10.00. The summed E-state index contributed by atoms with van der Waals surface area (Å²) < 4.78 is 10.4. The zero-order valence-corrected chi connectivity index (χ0v) is 12.2. The molecule has 0 saturated heterocycles. The Hall–Kier alpha value is -2.83. The zero-order chi connectivity index (χ0) is 15.7. The second-order valence-corrected chi connectivity index (χ2v) is 4.99. The van der Waals surface area contributed by atoms with E-state index in [2.05, 4.69) is 15.0 Å². The van der Waals surface area contributed by atoms with E-state index in [-0.39, 0.29) is 5.82 Å². The van der Waals surface area contributed by atoms with Crippen LogP contribution in [0.2, 0.25) is 0 Å². The highest BCUT2D eigenvalue weighted by molar-refractivity contribution is 6.19. The Balaban J connectivity index is 1.96. The highest BCUT2D eigenvalue weighted by Crippen LogP contribution is 2.37. The number of ether oxygens (including phenoxy) is 1. The molecule has 1 unspecified atom stereocenters. The van der Waals surface area contributed by atoms with E-state index in [4.69, 9.17) is 4.74 Å². The Morgan fingerprint density at radius 2 is 2.14 bits per heavy atom. The van der Waals surface area contributed by atoms with Gasteiger partial charge < -0.3 is 19.5 Å². The smallest absolute Gasteiger partial charge is 0.280 e. The van der Waals surface area contributed by atoms with E-state index in [0.29, 0.717) is 18.0 Å². The van der Waals surface area contributed by atoms with Crippen LogP contribution in [-0.2, 0) is 9.59 Å². The first-order chi connectivity index (χ1) is 10.6. The first-order valence-corrected chi connectivity index (χ1v) is 6.88. The van der Waals surface area contributed by atoms with Gasteiger partial charge in [-0.1, -0.05) is 17.3 Å². The number of benzene rings is 1. The van der Waals surface area contributed by atoms with Crippen molar-refractivity contribution in [3.8, 4) is 5.75 Å². The maximum Gasteiger partial charge on any atom is 0.280 e. The van der Waals surface area contributed by atoms with Gasteiger partial charge in [0.25, 0.3) is 17.4 Å². The monoisotopic (exact) mass is 301 g/mol. The van der Waals surface area contributed by atoms with Gasteiger partial charge in [0.15, 0.2) is 5.82 Å². The SMILES string of the molecule is CCN1C(=O)C(C)(C(=O)Nc2ccon2)Oc2ccccc21. The molecule has 0 bridgehead atoms. The quantitative estimate of drug-likeness (QED) is 0.874. The van der Waals surface area contributed by atoms with E-state index in [9.17, 15) is 9.59 Å². The van der Waals surface area contributed by atoms with Crippen LogP contribution < -0.4 is 15.0 Å². The summed E-state index contributed by atoms with van der Waals surface area (Å²) in [6, 6.07) is 8.60. The molecule has 1 aromatic heterocycles. The number of amides is 2. The molecule has 1 atom stereocenters.